The average molecular weight is 483 g/mol. The van der Waals surface area contributed by atoms with E-state index in [1.165, 1.54) is 0 Å². The van der Waals surface area contributed by atoms with Gasteiger partial charge in [0, 0.05) is 12.8 Å². The van der Waals surface area contributed by atoms with Gasteiger partial charge in [-0.25, -0.2) is 4.57 Å². The molecule has 0 aliphatic carbocycles. The maximum Gasteiger partial charge on any atom is 0.472 e. The smallest absolute Gasteiger partial charge is 0.462 e. The fourth-order valence-corrected chi connectivity index (χ4v) is 3.40. The minimum Gasteiger partial charge on any atom is -0.462 e. The molecule has 0 aliphatic rings. The molecule has 0 aromatic carbocycles. The summed E-state index contributed by atoms with van der Waals surface area (Å²) in [7, 11) is 1.47. The van der Waals surface area contributed by atoms with Crippen LogP contribution in [0.5, 0.6) is 0 Å². The Labute approximate surface area is 193 Å². The maximum atomic E-state index is 12.2. The lowest BCUT2D eigenvalue weighted by atomic mass is 10.1. The Hall–Kier alpha value is -0.990. The van der Waals surface area contributed by atoms with Gasteiger partial charge in [-0.05, 0) is 12.8 Å². The second-order valence-electron chi connectivity index (χ2n) is 9.03. The number of hydrogen-bond acceptors (Lipinski definition) is 7. The highest BCUT2D eigenvalue weighted by Gasteiger charge is 2.26. The molecule has 190 valence electrons. The normalized spacial score (nSPS) is 14.6. The van der Waals surface area contributed by atoms with Crippen molar-refractivity contribution in [3.05, 3.63) is 0 Å². The van der Waals surface area contributed by atoms with Gasteiger partial charge in [-0.2, -0.15) is 0 Å². The van der Waals surface area contributed by atoms with Gasteiger partial charge < -0.3 is 18.9 Å². The number of phosphoric ester groups is 1. The van der Waals surface area contributed by atoms with Crippen molar-refractivity contribution in [2.75, 3.05) is 47.5 Å². The van der Waals surface area contributed by atoms with Gasteiger partial charge in [-0.3, -0.25) is 18.6 Å². The number of phosphoric acid groups is 1. The van der Waals surface area contributed by atoms with E-state index in [1.54, 1.807) is 0 Å². The van der Waals surface area contributed by atoms with Crippen molar-refractivity contribution in [3.8, 4) is 0 Å². The molecule has 0 spiro atoms. The number of carbonyl (C=O) groups is 2. The van der Waals surface area contributed by atoms with E-state index in [-0.39, 0.29) is 26.1 Å². The zero-order chi connectivity index (χ0) is 24.5. The Morgan fingerprint density at radius 3 is 2.03 bits per heavy atom. The highest BCUT2D eigenvalue weighted by molar-refractivity contribution is 7.47. The Morgan fingerprint density at radius 2 is 1.41 bits per heavy atom. The van der Waals surface area contributed by atoms with Crippen molar-refractivity contribution in [3.63, 3.8) is 0 Å². The summed E-state index contributed by atoms with van der Waals surface area (Å²) < 4.78 is 33.2. The first-order valence-corrected chi connectivity index (χ1v) is 13.3. The Kier molecular flexibility index (Phi) is 16.9. The van der Waals surface area contributed by atoms with Gasteiger partial charge in [0.25, 0.3) is 0 Å². The first-order valence-electron chi connectivity index (χ1n) is 11.8. The minimum absolute atomic E-state index is 0.0336. The zero-order valence-corrected chi connectivity index (χ0v) is 21.6. The number of ether oxygens (including phenoxy) is 2. The molecule has 2 unspecified atom stereocenters. The Balaban J connectivity index is 4.63. The summed E-state index contributed by atoms with van der Waals surface area (Å²) in [5.74, 6) is -0.846. The van der Waals surface area contributed by atoms with Crippen LogP contribution in [0.2, 0.25) is 0 Å². The standard InChI is InChI=1S/C22H44NO8P/c1-6-8-10-11-13-15-22(25)31-20(18-28-21(24)14-12-9-7-2)19-30-32(26,27)29-17-16-23(3,4)5/h20H,6-19H2,1-5H3/p+1. The molecule has 0 radical (unpaired) electrons. The van der Waals surface area contributed by atoms with Crippen molar-refractivity contribution in [1.29, 1.82) is 0 Å². The molecule has 0 fully saturated rings. The summed E-state index contributed by atoms with van der Waals surface area (Å²) >= 11 is 0. The van der Waals surface area contributed by atoms with Crippen LogP contribution in [0.1, 0.15) is 78.1 Å². The Bertz CT molecular complexity index is 565. The van der Waals surface area contributed by atoms with Gasteiger partial charge in [-0.1, -0.05) is 52.4 Å². The summed E-state index contributed by atoms with van der Waals surface area (Å²) in [6, 6.07) is 0. The van der Waals surface area contributed by atoms with Crippen molar-refractivity contribution in [2.24, 2.45) is 0 Å². The van der Waals surface area contributed by atoms with Gasteiger partial charge >= 0.3 is 19.8 Å². The van der Waals surface area contributed by atoms with Crippen LogP contribution in [0, 0.1) is 0 Å². The average Bonchev–Trinajstić information content (AvgIpc) is 2.69. The van der Waals surface area contributed by atoms with E-state index in [0.717, 1.165) is 44.9 Å². The van der Waals surface area contributed by atoms with E-state index in [9.17, 15) is 19.0 Å². The first-order chi connectivity index (χ1) is 15.0. The number of nitrogens with zero attached hydrogens (tertiary/aromatic N) is 1. The van der Waals surface area contributed by atoms with E-state index in [2.05, 4.69) is 6.92 Å². The van der Waals surface area contributed by atoms with Crippen molar-refractivity contribution >= 4 is 19.8 Å². The molecule has 0 bridgehead atoms. The third-order valence-corrected chi connectivity index (χ3v) is 5.62. The third-order valence-electron chi connectivity index (χ3n) is 4.64. The van der Waals surface area contributed by atoms with Gasteiger partial charge in [-0.15, -0.1) is 0 Å². The summed E-state index contributed by atoms with van der Waals surface area (Å²) in [6.45, 7) is 4.07. The number of rotatable bonds is 20. The molecular weight excluding hydrogens is 437 g/mol. The minimum atomic E-state index is -4.32. The number of unbranched alkanes of at least 4 members (excludes halogenated alkanes) is 6. The van der Waals surface area contributed by atoms with Gasteiger partial charge in [0.15, 0.2) is 6.10 Å². The van der Waals surface area contributed by atoms with Crippen LogP contribution in [0.3, 0.4) is 0 Å². The molecular formula is C22H45NO8P+. The predicted molar refractivity (Wildman–Crippen MR) is 123 cm³/mol. The van der Waals surface area contributed by atoms with Crippen LogP contribution in [-0.2, 0) is 32.7 Å². The van der Waals surface area contributed by atoms with Crippen LogP contribution in [0.15, 0.2) is 0 Å². The number of carbonyl (C=O) groups excluding carboxylic acids is 2. The van der Waals surface area contributed by atoms with Crippen LogP contribution >= 0.6 is 7.82 Å². The lowest BCUT2D eigenvalue weighted by Gasteiger charge is -2.24. The topological polar surface area (TPSA) is 108 Å². The first kappa shape index (κ1) is 31.0. The number of hydrogen-bond donors (Lipinski definition) is 1. The monoisotopic (exact) mass is 482 g/mol. The van der Waals surface area contributed by atoms with Crippen LogP contribution in [0.25, 0.3) is 0 Å². The van der Waals surface area contributed by atoms with Crippen LogP contribution in [-0.4, -0.2) is 74.9 Å². The molecule has 0 aromatic rings. The molecule has 0 aliphatic heterocycles. The highest BCUT2D eigenvalue weighted by atomic mass is 31.2. The van der Waals surface area contributed by atoms with E-state index in [0.29, 0.717) is 17.4 Å². The molecule has 2 atom stereocenters. The number of esters is 2. The van der Waals surface area contributed by atoms with Gasteiger partial charge in [0.2, 0.25) is 0 Å². The zero-order valence-electron chi connectivity index (χ0n) is 20.7. The van der Waals surface area contributed by atoms with E-state index >= 15 is 0 Å². The van der Waals surface area contributed by atoms with E-state index in [4.69, 9.17) is 18.5 Å². The third kappa shape index (κ3) is 19.7. The summed E-state index contributed by atoms with van der Waals surface area (Å²) in [5.41, 5.74) is 0. The summed E-state index contributed by atoms with van der Waals surface area (Å²) in [4.78, 5) is 33.9. The largest absolute Gasteiger partial charge is 0.472 e. The predicted octanol–water partition coefficient (Wildman–Crippen LogP) is 4.22. The molecule has 0 saturated heterocycles. The molecule has 0 aromatic heterocycles. The van der Waals surface area contributed by atoms with Crippen molar-refractivity contribution in [2.45, 2.75) is 84.2 Å². The maximum absolute atomic E-state index is 12.2. The van der Waals surface area contributed by atoms with Crippen molar-refractivity contribution in [1.82, 2.24) is 0 Å². The molecule has 1 N–H and O–H groups in total. The summed E-state index contributed by atoms with van der Waals surface area (Å²) in [6.07, 6.45) is 7.11. The number of likely N-dealkylation sites (N-methyl/N-ethyl adjacent to an activating group) is 1. The summed E-state index contributed by atoms with van der Waals surface area (Å²) in [5, 5.41) is 0. The lowest BCUT2D eigenvalue weighted by Crippen LogP contribution is -2.37. The SMILES string of the molecule is CCCCCCCC(=O)OC(COC(=O)CCCCC)COP(=O)(O)OCC[N+](C)(C)C. The second kappa shape index (κ2) is 17.5. The fraction of sp³-hybridized carbons (Fsp3) is 0.909. The molecule has 32 heavy (non-hydrogen) atoms. The molecule has 0 amide bonds. The van der Waals surface area contributed by atoms with E-state index in [1.807, 2.05) is 28.1 Å². The van der Waals surface area contributed by atoms with Crippen molar-refractivity contribution < 1.29 is 42.1 Å². The number of quaternary nitrogens is 1. The quantitative estimate of drug-likeness (QED) is 0.119. The molecule has 0 saturated carbocycles. The fourth-order valence-electron chi connectivity index (χ4n) is 2.66. The molecule has 0 heterocycles. The van der Waals surface area contributed by atoms with Crippen LogP contribution in [0.4, 0.5) is 0 Å². The molecule has 0 rings (SSSR count). The second-order valence-corrected chi connectivity index (χ2v) is 10.5. The van der Waals surface area contributed by atoms with Gasteiger partial charge in [0.05, 0.1) is 27.7 Å². The Morgan fingerprint density at radius 1 is 0.844 bits per heavy atom. The van der Waals surface area contributed by atoms with E-state index < -0.39 is 32.5 Å². The van der Waals surface area contributed by atoms with Gasteiger partial charge in [0.1, 0.15) is 19.8 Å². The molecule has 10 heteroatoms. The van der Waals surface area contributed by atoms with Crippen LogP contribution < -0.4 is 0 Å². The lowest BCUT2D eigenvalue weighted by molar-refractivity contribution is -0.870. The molecule has 9 nitrogen and oxygen atoms in total. The highest BCUT2D eigenvalue weighted by Crippen LogP contribution is 2.43.